The lowest BCUT2D eigenvalue weighted by molar-refractivity contribution is -0.384. The van der Waals surface area contributed by atoms with Crippen molar-refractivity contribution < 1.29 is 4.92 Å². The van der Waals surface area contributed by atoms with E-state index < -0.39 is 4.92 Å². The van der Waals surface area contributed by atoms with Crippen LogP contribution < -0.4 is 0 Å². The monoisotopic (exact) mass is 236 g/mol. The fraction of sp³-hybridized carbons (Fsp3) is 0.364. The molecule has 0 aliphatic carbocycles. The third kappa shape index (κ3) is 2.97. The molecule has 0 saturated heterocycles. The highest BCUT2D eigenvalue weighted by molar-refractivity contribution is 8.00. The van der Waals surface area contributed by atoms with Crippen LogP contribution in [0.15, 0.2) is 23.1 Å². The van der Waals surface area contributed by atoms with E-state index in [9.17, 15) is 10.1 Å². The summed E-state index contributed by atoms with van der Waals surface area (Å²) in [4.78, 5) is 10.9. The van der Waals surface area contributed by atoms with Crippen LogP contribution in [0.25, 0.3) is 0 Å². The normalized spacial score (nSPS) is 11.8. The van der Waals surface area contributed by atoms with Crippen LogP contribution in [0.2, 0.25) is 0 Å². The molecule has 1 rings (SSSR count). The molecule has 4 nitrogen and oxygen atoms in total. The van der Waals surface area contributed by atoms with Crippen LogP contribution in [0.3, 0.4) is 0 Å². The van der Waals surface area contributed by atoms with E-state index in [0.717, 1.165) is 11.3 Å². The first kappa shape index (κ1) is 12.5. The number of hydrogen-bond acceptors (Lipinski definition) is 4. The molecular formula is C11H12N2O2S. The highest BCUT2D eigenvalue weighted by Crippen LogP contribution is 2.30. The minimum atomic E-state index is -0.488. The summed E-state index contributed by atoms with van der Waals surface area (Å²) in [5.41, 5.74) is 0.338. The van der Waals surface area contributed by atoms with Gasteiger partial charge in [0.1, 0.15) is 6.07 Å². The van der Waals surface area contributed by atoms with E-state index in [0.29, 0.717) is 10.8 Å². The first-order valence-corrected chi connectivity index (χ1v) is 5.81. The second kappa shape index (κ2) is 5.52. The lowest BCUT2D eigenvalue weighted by Gasteiger charge is -2.08. The third-order valence-electron chi connectivity index (χ3n) is 2.20. The Morgan fingerprint density at radius 1 is 1.62 bits per heavy atom. The van der Waals surface area contributed by atoms with E-state index in [-0.39, 0.29) is 5.69 Å². The maximum atomic E-state index is 10.5. The molecule has 1 aromatic carbocycles. The molecule has 5 heteroatoms. The summed E-state index contributed by atoms with van der Waals surface area (Å²) < 4.78 is 0. The summed E-state index contributed by atoms with van der Waals surface area (Å²) in [5, 5.41) is 19.9. The van der Waals surface area contributed by atoms with Gasteiger partial charge in [0, 0.05) is 22.3 Å². The van der Waals surface area contributed by atoms with Gasteiger partial charge in [-0.1, -0.05) is 13.8 Å². The Bertz CT molecular complexity index is 440. The molecule has 0 spiro atoms. The molecule has 0 fully saturated rings. The Kier molecular flexibility index (Phi) is 4.32. The maximum absolute atomic E-state index is 10.5. The molecule has 1 aromatic rings. The molecule has 1 atom stereocenters. The molecule has 0 heterocycles. The SMILES string of the molecule is CC[C@H](C)Sc1ccc([N+](=O)[O-])cc1C#N. The number of thioether (sulfide) groups is 1. The van der Waals surface area contributed by atoms with Gasteiger partial charge in [-0.2, -0.15) is 5.26 Å². The maximum Gasteiger partial charge on any atom is 0.270 e. The minimum absolute atomic E-state index is 0.0370. The van der Waals surface area contributed by atoms with E-state index in [1.807, 2.05) is 6.07 Å². The van der Waals surface area contributed by atoms with Crippen molar-refractivity contribution in [3.8, 4) is 6.07 Å². The summed E-state index contributed by atoms with van der Waals surface area (Å²) in [6, 6.07) is 6.40. The number of nitro groups is 1. The van der Waals surface area contributed by atoms with Crippen molar-refractivity contribution >= 4 is 17.4 Å². The van der Waals surface area contributed by atoms with Gasteiger partial charge in [0.25, 0.3) is 5.69 Å². The smallest absolute Gasteiger partial charge is 0.258 e. The fourth-order valence-electron chi connectivity index (χ4n) is 1.12. The van der Waals surface area contributed by atoms with E-state index in [2.05, 4.69) is 13.8 Å². The number of benzene rings is 1. The Hall–Kier alpha value is -1.54. The number of rotatable bonds is 4. The Balaban J connectivity index is 3.03. The lowest BCUT2D eigenvalue weighted by atomic mass is 10.2. The van der Waals surface area contributed by atoms with Gasteiger partial charge in [-0.25, -0.2) is 0 Å². The largest absolute Gasteiger partial charge is 0.270 e. The van der Waals surface area contributed by atoms with Crippen molar-refractivity contribution in [2.75, 3.05) is 0 Å². The second-order valence-electron chi connectivity index (χ2n) is 3.39. The molecule has 16 heavy (non-hydrogen) atoms. The van der Waals surface area contributed by atoms with Gasteiger partial charge >= 0.3 is 0 Å². The molecule has 0 N–H and O–H groups in total. The van der Waals surface area contributed by atoms with E-state index in [1.165, 1.54) is 12.1 Å². The Labute approximate surface area is 98.4 Å². The van der Waals surface area contributed by atoms with Gasteiger partial charge in [-0.05, 0) is 12.5 Å². The van der Waals surface area contributed by atoms with Crippen molar-refractivity contribution in [3.05, 3.63) is 33.9 Å². The van der Waals surface area contributed by atoms with Gasteiger partial charge in [0.2, 0.25) is 0 Å². The van der Waals surface area contributed by atoms with Crippen LogP contribution in [0.4, 0.5) is 5.69 Å². The van der Waals surface area contributed by atoms with Gasteiger partial charge < -0.3 is 0 Å². The molecular weight excluding hydrogens is 224 g/mol. The van der Waals surface area contributed by atoms with Crippen LogP contribution in [0, 0.1) is 21.4 Å². The summed E-state index contributed by atoms with van der Waals surface area (Å²) in [5.74, 6) is 0. The van der Waals surface area contributed by atoms with Gasteiger partial charge in [0.05, 0.1) is 10.5 Å². The van der Waals surface area contributed by atoms with Crippen LogP contribution in [-0.2, 0) is 0 Å². The zero-order valence-electron chi connectivity index (χ0n) is 9.14. The molecule has 0 bridgehead atoms. The van der Waals surface area contributed by atoms with Crippen LogP contribution in [0.5, 0.6) is 0 Å². The summed E-state index contributed by atoms with van der Waals surface area (Å²) in [7, 11) is 0. The van der Waals surface area contributed by atoms with Crippen molar-refractivity contribution in [3.63, 3.8) is 0 Å². The lowest BCUT2D eigenvalue weighted by Crippen LogP contribution is -1.95. The average Bonchev–Trinajstić information content (AvgIpc) is 2.29. The average molecular weight is 236 g/mol. The molecule has 0 radical (unpaired) electrons. The van der Waals surface area contributed by atoms with E-state index >= 15 is 0 Å². The third-order valence-corrected chi connectivity index (χ3v) is 3.54. The number of non-ortho nitro benzene ring substituents is 1. The topological polar surface area (TPSA) is 66.9 Å². The first-order chi connectivity index (χ1) is 7.58. The highest BCUT2D eigenvalue weighted by atomic mass is 32.2. The molecule has 0 saturated carbocycles. The summed E-state index contributed by atoms with van der Waals surface area (Å²) in [6.45, 7) is 4.13. The molecule has 0 amide bonds. The standard InChI is InChI=1S/C11H12N2O2S/c1-3-8(2)16-11-5-4-10(13(14)15)6-9(11)7-12/h4-6,8H,3H2,1-2H3/t8-/m0/s1. The zero-order valence-corrected chi connectivity index (χ0v) is 9.95. The van der Waals surface area contributed by atoms with Gasteiger partial charge in [0.15, 0.2) is 0 Å². The summed E-state index contributed by atoms with van der Waals surface area (Å²) in [6.07, 6.45) is 0.993. The Morgan fingerprint density at radius 3 is 2.81 bits per heavy atom. The summed E-state index contributed by atoms with van der Waals surface area (Å²) >= 11 is 1.57. The predicted octanol–water partition coefficient (Wildman–Crippen LogP) is 3.36. The molecule has 0 aliphatic rings. The fourth-order valence-corrected chi connectivity index (χ4v) is 2.10. The molecule has 0 unspecified atom stereocenters. The number of hydrogen-bond donors (Lipinski definition) is 0. The van der Waals surface area contributed by atoms with Crippen LogP contribution in [-0.4, -0.2) is 10.2 Å². The molecule has 0 aliphatic heterocycles. The highest BCUT2D eigenvalue weighted by Gasteiger charge is 2.12. The van der Waals surface area contributed by atoms with Crippen LogP contribution >= 0.6 is 11.8 Å². The molecule has 84 valence electrons. The number of nitrogens with zero attached hydrogens (tertiary/aromatic N) is 2. The predicted molar refractivity (Wildman–Crippen MR) is 63.4 cm³/mol. The van der Waals surface area contributed by atoms with Crippen molar-refractivity contribution in [1.82, 2.24) is 0 Å². The van der Waals surface area contributed by atoms with Crippen molar-refractivity contribution in [1.29, 1.82) is 5.26 Å². The number of nitro benzene ring substituents is 1. The van der Waals surface area contributed by atoms with Gasteiger partial charge in [-0.15, -0.1) is 11.8 Å². The van der Waals surface area contributed by atoms with Crippen molar-refractivity contribution in [2.45, 2.75) is 30.4 Å². The second-order valence-corrected chi connectivity index (χ2v) is 4.87. The van der Waals surface area contributed by atoms with Crippen LogP contribution in [0.1, 0.15) is 25.8 Å². The van der Waals surface area contributed by atoms with E-state index in [1.54, 1.807) is 17.8 Å². The number of nitriles is 1. The van der Waals surface area contributed by atoms with Gasteiger partial charge in [-0.3, -0.25) is 10.1 Å². The van der Waals surface area contributed by atoms with Crippen molar-refractivity contribution in [2.24, 2.45) is 0 Å². The van der Waals surface area contributed by atoms with E-state index in [4.69, 9.17) is 5.26 Å². The molecule has 0 aromatic heterocycles. The quantitative estimate of drug-likeness (QED) is 0.456. The minimum Gasteiger partial charge on any atom is -0.258 e. The Morgan fingerprint density at radius 2 is 2.31 bits per heavy atom. The first-order valence-electron chi connectivity index (χ1n) is 4.93. The zero-order chi connectivity index (χ0) is 12.1.